The second-order valence-corrected chi connectivity index (χ2v) is 10.5. The van der Waals surface area contributed by atoms with E-state index in [2.05, 4.69) is 26.4 Å². The quantitative estimate of drug-likeness (QED) is 0.565. The van der Waals surface area contributed by atoms with Gasteiger partial charge >= 0.3 is 6.01 Å². The Balaban J connectivity index is 1.10. The Labute approximate surface area is 206 Å². The molecule has 0 radical (unpaired) electrons. The molecule has 2 heterocycles. The van der Waals surface area contributed by atoms with Gasteiger partial charge in [-0.25, -0.2) is 4.39 Å². The van der Waals surface area contributed by atoms with E-state index in [4.69, 9.17) is 9.26 Å². The van der Waals surface area contributed by atoms with Gasteiger partial charge in [0.05, 0.1) is 6.61 Å². The van der Waals surface area contributed by atoms with Gasteiger partial charge in [0, 0.05) is 31.0 Å². The number of anilines is 1. The van der Waals surface area contributed by atoms with Crippen LogP contribution in [0.4, 0.5) is 10.4 Å². The van der Waals surface area contributed by atoms with E-state index in [0.717, 1.165) is 75.0 Å². The monoisotopic (exact) mass is 482 g/mol. The van der Waals surface area contributed by atoms with Gasteiger partial charge in [-0.2, -0.15) is 4.98 Å². The van der Waals surface area contributed by atoms with E-state index >= 15 is 0 Å². The summed E-state index contributed by atoms with van der Waals surface area (Å²) in [6.07, 6.45) is 8.48. The van der Waals surface area contributed by atoms with Crippen molar-refractivity contribution in [2.24, 2.45) is 11.8 Å². The third-order valence-electron chi connectivity index (χ3n) is 7.32. The van der Waals surface area contributed by atoms with Crippen LogP contribution in [0, 0.1) is 17.7 Å². The molecule has 35 heavy (non-hydrogen) atoms. The highest BCUT2D eigenvalue weighted by molar-refractivity contribution is 5.81. The fraction of sp³-hybridized carbons (Fsp3) is 0.593. The van der Waals surface area contributed by atoms with Crippen LogP contribution >= 0.6 is 0 Å². The fourth-order valence-corrected chi connectivity index (χ4v) is 4.79. The molecule has 5 rings (SSSR count). The molecule has 7 nitrogen and oxygen atoms in total. The Kier molecular flexibility index (Phi) is 7.07. The van der Waals surface area contributed by atoms with E-state index in [0.29, 0.717) is 30.3 Å². The molecule has 8 heteroatoms. The number of hydrogen-bond acceptors (Lipinski definition) is 6. The SMILES string of the molecule is CC(C)c1noc(N2CCC(COc3ccc(C4=CCC(C(=O)NC5CC5)CC4)cc3F)CC2)n1. The van der Waals surface area contributed by atoms with Crippen LogP contribution < -0.4 is 15.0 Å². The molecule has 1 saturated heterocycles. The van der Waals surface area contributed by atoms with Gasteiger partial charge < -0.3 is 19.5 Å². The van der Waals surface area contributed by atoms with Gasteiger partial charge in [-0.15, -0.1) is 0 Å². The van der Waals surface area contributed by atoms with Gasteiger partial charge in [-0.3, -0.25) is 4.79 Å². The van der Waals surface area contributed by atoms with Gasteiger partial charge in [0.1, 0.15) is 0 Å². The summed E-state index contributed by atoms with van der Waals surface area (Å²) in [5, 5.41) is 7.14. The summed E-state index contributed by atoms with van der Waals surface area (Å²) >= 11 is 0. The third-order valence-corrected chi connectivity index (χ3v) is 7.32. The number of nitrogens with one attached hydrogen (secondary N) is 1. The van der Waals surface area contributed by atoms with Crippen molar-refractivity contribution in [2.75, 3.05) is 24.6 Å². The molecule has 2 aromatic rings. The molecule has 1 aliphatic heterocycles. The van der Waals surface area contributed by atoms with Crippen molar-refractivity contribution in [2.45, 2.75) is 70.8 Å². The molecule has 1 aromatic heterocycles. The lowest BCUT2D eigenvalue weighted by Gasteiger charge is -2.30. The molecule has 3 aliphatic rings. The van der Waals surface area contributed by atoms with Gasteiger partial charge in [0.2, 0.25) is 5.91 Å². The molecule has 188 valence electrons. The molecule has 1 aromatic carbocycles. The van der Waals surface area contributed by atoms with Crippen LogP contribution in [-0.2, 0) is 4.79 Å². The van der Waals surface area contributed by atoms with Crippen molar-refractivity contribution in [1.29, 1.82) is 0 Å². The summed E-state index contributed by atoms with van der Waals surface area (Å²) in [6, 6.07) is 6.21. The van der Waals surface area contributed by atoms with Crippen LogP contribution in [0.2, 0.25) is 0 Å². The van der Waals surface area contributed by atoms with Crippen LogP contribution in [0.1, 0.15) is 76.1 Å². The topological polar surface area (TPSA) is 80.5 Å². The number of piperidine rings is 1. The van der Waals surface area contributed by atoms with Crippen molar-refractivity contribution >= 4 is 17.5 Å². The van der Waals surface area contributed by atoms with Gasteiger partial charge in [0.25, 0.3) is 0 Å². The third kappa shape index (κ3) is 5.85. The zero-order valence-corrected chi connectivity index (χ0v) is 20.6. The van der Waals surface area contributed by atoms with E-state index in [-0.39, 0.29) is 23.6 Å². The number of aromatic nitrogens is 2. The van der Waals surface area contributed by atoms with Gasteiger partial charge in [-0.05, 0) is 74.1 Å². The molecule has 0 spiro atoms. The maximum absolute atomic E-state index is 14.8. The Morgan fingerprint density at radius 1 is 1.23 bits per heavy atom. The molecule has 2 fully saturated rings. The van der Waals surface area contributed by atoms with E-state index in [1.54, 1.807) is 12.1 Å². The smallest absolute Gasteiger partial charge is 0.324 e. The fourth-order valence-electron chi connectivity index (χ4n) is 4.79. The van der Waals surface area contributed by atoms with Crippen LogP contribution in [0.3, 0.4) is 0 Å². The standard InChI is InChI=1S/C27H35FN4O3/c1-17(2)25-30-27(35-31-25)32-13-11-18(12-14-32)16-34-24-10-7-21(15-23(24)28)19-3-5-20(6-4-19)26(33)29-22-8-9-22/h3,7,10,15,17-18,20,22H,4-6,8-9,11-14,16H2,1-2H3,(H,29,33). The normalized spacial score (nSPS) is 21.2. The van der Waals surface area contributed by atoms with Crippen LogP contribution in [-0.4, -0.2) is 41.8 Å². The number of allylic oxidation sites excluding steroid dienone is 2. The summed E-state index contributed by atoms with van der Waals surface area (Å²) in [7, 11) is 0. The molecule has 1 N–H and O–H groups in total. The summed E-state index contributed by atoms with van der Waals surface area (Å²) in [6.45, 7) is 6.22. The van der Waals surface area contributed by atoms with Crippen LogP contribution in [0.5, 0.6) is 5.75 Å². The highest BCUT2D eigenvalue weighted by Gasteiger charge is 2.29. The van der Waals surface area contributed by atoms with Crippen LogP contribution in [0.15, 0.2) is 28.8 Å². The number of rotatable bonds is 8. The lowest BCUT2D eigenvalue weighted by Crippen LogP contribution is -2.35. The molecular weight excluding hydrogens is 447 g/mol. The minimum atomic E-state index is -0.332. The molecule has 1 unspecified atom stereocenters. The first kappa shape index (κ1) is 23.8. The molecular formula is C27H35FN4O3. The molecule has 1 amide bonds. The Bertz CT molecular complexity index is 1070. The molecule has 2 aliphatic carbocycles. The number of nitrogens with zero attached hydrogens (tertiary/aromatic N) is 3. The minimum Gasteiger partial charge on any atom is -0.490 e. The number of halogens is 1. The maximum atomic E-state index is 14.8. The number of ether oxygens (including phenoxy) is 1. The van der Waals surface area contributed by atoms with Crippen molar-refractivity contribution in [3.8, 4) is 5.75 Å². The summed E-state index contributed by atoms with van der Waals surface area (Å²) in [5.74, 6) is 1.50. The first-order valence-electron chi connectivity index (χ1n) is 13.0. The van der Waals surface area contributed by atoms with E-state index in [1.165, 1.54) is 0 Å². The number of amides is 1. The largest absolute Gasteiger partial charge is 0.490 e. The number of carbonyl (C=O) groups is 1. The van der Waals surface area contributed by atoms with E-state index < -0.39 is 0 Å². The predicted molar refractivity (Wildman–Crippen MR) is 132 cm³/mol. The van der Waals surface area contributed by atoms with Crippen LogP contribution in [0.25, 0.3) is 5.57 Å². The Hall–Kier alpha value is -2.90. The zero-order chi connectivity index (χ0) is 24.4. The molecule has 1 saturated carbocycles. The first-order chi connectivity index (χ1) is 17.0. The van der Waals surface area contributed by atoms with Gasteiger partial charge in [-0.1, -0.05) is 31.1 Å². The maximum Gasteiger partial charge on any atom is 0.324 e. The van der Waals surface area contributed by atoms with E-state index in [9.17, 15) is 9.18 Å². The summed E-state index contributed by atoms with van der Waals surface area (Å²) in [4.78, 5) is 18.9. The van der Waals surface area contributed by atoms with Crippen molar-refractivity contribution in [3.05, 3.63) is 41.5 Å². The average molecular weight is 483 g/mol. The average Bonchev–Trinajstić information content (AvgIpc) is 3.54. The predicted octanol–water partition coefficient (Wildman–Crippen LogP) is 5.09. The van der Waals surface area contributed by atoms with Crippen molar-refractivity contribution in [3.63, 3.8) is 0 Å². The first-order valence-corrected chi connectivity index (χ1v) is 13.0. The summed E-state index contributed by atoms with van der Waals surface area (Å²) < 4.78 is 26.1. The van der Waals surface area contributed by atoms with Crippen molar-refractivity contribution < 1.29 is 18.4 Å². The molecule has 0 bridgehead atoms. The highest BCUT2D eigenvalue weighted by atomic mass is 19.1. The number of carbonyl (C=O) groups excluding carboxylic acids is 1. The van der Waals surface area contributed by atoms with Crippen molar-refractivity contribution in [1.82, 2.24) is 15.5 Å². The molecule has 1 atom stereocenters. The van der Waals surface area contributed by atoms with E-state index in [1.807, 2.05) is 19.9 Å². The van der Waals surface area contributed by atoms with Gasteiger partial charge in [0.15, 0.2) is 17.4 Å². The second kappa shape index (κ2) is 10.4. The Morgan fingerprint density at radius 2 is 2.03 bits per heavy atom. The number of hydrogen-bond donors (Lipinski definition) is 1. The summed E-state index contributed by atoms with van der Waals surface area (Å²) in [5.41, 5.74) is 1.99. The number of benzene rings is 1. The zero-order valence-electron chi connectivity index (χ0n) is 20.6. The second-order valence-electron chi connectivity index (χ2n) is 10.5. The highest BCUT2D eigenvalue weighted by Crippen LogP contribution is 2.33. The minimum absolute atomic E-state index is 0.0373. The lowest BCUT2D eigenvalue weighted by atomic mass is 9.86. The lowest BCUT2D eigenvalue weighted by molar-refractivity contribution is -0.125. The Morgan fingerprint density at radius 3 is 2.66 bits per heavy atom.